The van der Waals surface area contributed by atoms with Crippen LogP contribution in [0.3, 0.4) is 0 Å². The maximum Gasteiger partial charge on any atom is 0.395 e. The molecule has 2 unspecified atom stereocenters. The van der Waals surface area contributed by atoms with E-state index in [1.807, 2.05) is 0 Å². The van der Waals surface area contributed by atoms with Gasteiger partial charge in [-0.15, -0.1) is 0 Å². The first-order valence-electron chi connectivity index (χ1n) is 6.28. The molecule has 2 fully saturated rings. The lowest BCUT2D eigenvalue weighted by molar-refractivity contribution is -0.264. The molecule has 1 aliphatic heterocycles. The fraction of sp³-hybridized carbons (Fsp3) is 0.917. The quantitative estimate of drug-likeness (QED) is 0.778. The molecular weight excluding hydrogens is 247 g/mol. The van der Waals surface area contributed by atoms with Gasteiger partial charge in [0.05, 0.1) is 18.4 Å². The van der Waals surface area contributed by atoms with Crippen LogP contribution in [0.25, 0.3) is 0 Å². The van der Waals surface area contributed by atoms with Crippen molar-refractivity contribution >= 4 is 5.97 Å². The molecule has 6 heteroatoms. The highest BCUT2D eigenvalue weighted by atomic mass is 19.4. The minimum absolute atomic E-state index is 0.205. The highest BCUT2D eigenvalue weighted by Crippen LogP contribution is 2.56. The molecule has 0 aromatic rings. The Labute approximate surface area is 104 Å². The van der Waals surface area contributed by atoms with Crippen molar-refractivity contribution < 1.29 is 22.7 Å². The van der Waals surface area contributed by atoms with E-state index in [1.165, 1.54) is 7.11 Å². The second kappa shape index (κ2) is 4.72. The Morgan fingerprint density at radius 2 is 2.00 bits per heavy atom. The summed E-state index contributed by atoms with van der Waals surface area (Å²) in [6, 6.07) is -0.549. The van der Waals surface area contributed by atoms with Gasteiger partial charge in [-0.25, -0.2) is 0 Å². The summed E-state index contributed by atoms with van der Waals surface area (Å²) < 4.78 is 44.0. The highest BCUT2D eigenvalue weighted by Gasteiger charge is 2.62. The summed E-state index contributed by atoms with van der Waals surface area (Å²) in [6.45, 7) is 0.287. The maximum absolute atomic E-state index is 13.1. The monoisotopic (exact) mass is 265 g/mol. The Kier molecular flexibility index (Phi) is 3.58. The Bertz CT molecular complexity index is 318. The van der Waals surface area contributed by atoms with Crippen molar-refractivity contribution in [3.63, 3.8) is 0 Å². The number of halogens is 3. The van der Waals surface area contributed by atoms with Gasteiger partial charge in [0, 0.05) is 12.6 Å². The van der Waals surface area contributed by atoms with Gasteiger partial charge in [-0.2, -0.15) is 13.2 Å². The van der Waals surface area contributed by atoms with Crippen LogP contribution in [0.15, 0.2) is 0 Å². The summed E-state index contributed by atoms with van der Waals surface area (Å²) in [7, 11) is 1.30. The normalized spacial score (nSPS) is 31.6. The van der Waals surface area contributed by atoms with E-state index in [2.05, 4.69) is 10.1 Å². The molecule has 0 aromatic carbocycles. The standard InChI is InChI=1S/C12H18F3NO2/c1-18-10(17)8-3-4-9(16-7-8)11(5-2-6-11)12(13,14)15/h8-9,16H,2-7H2,1H3. The number of methoxy groups -OCH3 is 1. The number of nitrogens with one attached hydrogen (secondary N) is 1. The van der Waals surface area contributed by atoms with E-state index in [4.69, 9.17) is 0 Å². The molecule has 2 aliphatic rings. The van der Waals surface area contributed by atoms with Crippen LogP contribution in [0.1, 0.15) is 32.1 Å². The van der Waals surface area contributed by atoms with E-state index in [0.29, 0.717) is 19.3 Å². The molecule has 2 rings (SSSR count). The summed E-state index contributed by atoms with van der Waals surface area (Å²) in [5, 5.41) is 2.91. The van der Waals surface area contributed by atoms with Gasteiger partial charge in [0.25, 0.3) is 0 Å². The third kappa shape index (κ3) is 2.11. The Balaban J connectivity index is 1.99. The number of carbonyl (C=O) groups is 1. The summed E-state index contributed by atoms with van der Waals surface area (Å²) >= 11 is 0. The van der Waals surface area contributed by atoms with Crippen molar-refractivity contribution in [2.24, 2.45) is 11.3 Å². The lowest BCUT2D eigenvalue weighted by Gasteiger charge is -2.50. The van der Waals surface area contributed by atoms with Crippen LogP contribution < -0.4 is 5.32 Å². The average Bonchev–Trinajstić information content (AvgIpc) is 2.25. The van der Waals surface area contributed by atoms with Gasteiger partial charge in [0.1, 0.15) is 0 Å². The first-order valence-corrected chi connectivity index (χ1v) is 6.28. The van der Waals surface area contributed by atoms with E-state index in [9.17, 15) is 18.0 Å². The number of esters is 1. The van der Waals surface area contributed by atoms with Crippen LogP contribution in [-0.4, -0.2) is 31.8 Å². The summed E-state index contributed by atoms with van der Waals surface area (Å²) in [6.07, 6.45) is -2.24. The lowest BCUT2D eigenvalue weighted by atomic mass is 9.61. The van der Waals surface area contributed by atoms with Gasteiger partial charge in [0.15, 0.2) is 0 Å². The molecule has 1 aliphatic carbocycles. The molecule has 0 spiro atoms. The van der Waals surface area contributed by atoms with Gasteiger partial charge >= 0.3 is 12.1 Å². The van der Waals surface area contributed by atoms with Crippen molar-refractivity contribution in [2.75, 3.05) is 13.7 Å². The Morgan fingerprint density at radius 3 is 2.33 bits per heavy atom. The van der Waals surface area contributed by atoms with Gasteiger partial charge in [-0.1, -0.05) is 6.42 Å². The lowest BCUT2D eigenvalue weighted by Crippen LogP contribution is -2.60. The number of carbonyl (C=O) groups excluding carboxylic acids is 1. The predicted molar refractivity (Wildman–Crippen MR) is 58.9 cm³/mol. The number of ether oxygens (including phenoxy) is 1. The molecule has 1 saturated carbocycles. The molecule has 18 heavy (non-hydrogen) atoms. The van der Waals surface area contributed by atoms with Crippen molar-refractivity contribution in [2.45, 2.75) is 44.3 Å². The zero-order chi connectivity index (χ0) is 13.4. The largest absolute Gasteiger partial charge is 0.469 e. The maximum atomic E-state index is 13.1. The summed E-state index contributed by atoms with van der Waals surface area (Å²) in [5.74, 6) is -0.646. The van der Waals surface area contributed by atoms with Gasteiger partial charge in [-0.05, 0) is 25.7 Å². The van der Waals surface area contributed by atoms with E-state index < -0.39 is 17.6 Å². The number of hydrogen-bond acceptors (Lipinski definition) is 3. The first-order chi connectivity index (χ1) is 8.40. The number of hydrogen-bond donors (Lipinski definition) is 1. The van der Waals surface area contributed by atoms with Crippen molar-refractivity contribution in [1.82, 2.24) is 5.32 Å². The minimum Gasteiger partial charge on any atom is -0.469 e. The number of piperidine rings is 1. The fourth-order valence-corrected chi connectivity index (χ4v) is 3.08. The van der Waals surface area contributed by atoms with Crippen molar-refractivity contribution in [3.8, 4) is 0 Å². The fourth-order valence-electron chi connectivity index (χ4n) is 3.08. The van der Waals surface area contributed by atoms with Gasteiger partial charge in [-0.3, -0.25) is 4.79 Å². The Hall–Kier alpha value is -0.780. The summed E-state index contributed by atoms with van der Waals surface area (Å²) in [4.78, 5) is 11.3. The minimum atomic E-state index is -4.15. The van der Waals surface area contributed by atoms with E-state index in [0.717, 1.165) is 0 Å². The van der Waals surface area contributed by atoms with Crippen LogP contribution in [0.5, 0.6) is 0 Å². The third-order valence-corrected chi connectivity index (χ3v) is 4.43. The molecule has 1 heterocycles. The molecule has 2 atom stereocenters. The van der Waals surface area contributed by atoms with Crippen molar-refractivity contribution in [3.05, 3.63) is 0 Å². The Morgan fingerprint density at radius 1 is 1.33 bits per heavy atom. The summed E-state index contributed by atoms with van der Waals surface area (Å²) in [5.41, 5.74) is -1.56. The highest BCUT2D eigenvalue weighted by molar-refractivity contribution is 5.72. The van der Waals surface area contributed by atoms with Crippen LogP contribution >= 0.6 is 0 Å². The molecular formula is C12H18F3NO2. The van der Waals surface area contributed by atoms with E-state index in [-0.39, 0.29) is 31.3 Å². The van der Waals surface area contributed by atoms with E-state index >= 15 is 0 Å². The van der Waals surface area contributed by atoms with Crippen LogP contribution in [0.2, 0.25) is 0 Å². The molecule has 1 N–H and O–H groups in total. The molecule has 0 bridgehead atoms. The smallest absolute Gasteiger partial charge is 0.395 e. The second-order valence-electron chi connectivity index (χ2n) is 5.27. The van der Waals surface area contributed by atoms with E-state index in [1.54, 1.807) is 0 Å². The predicted octanol–water partition coefficient (Wildman–Crippen LogP) is 2.26. The number of rotatable bonds is 2. The molecule has 0 radical (unpaired) electrons. The van der Waals surface area contributed by atoms with Crippen LogP contribution in [0, 0.1) is 11.3 Å². The molecule has 1 saturated heterocycles. The molecule has 0 amide bonds. The first kappa shape index (κ1) is 13.6. The number of alkyl halides is 3. The van der Waals surface area contributed by atoms with Crippen molar-refractivity contribution in [1.29, 1.82) is 0 Å². The molecule has 104 valence electrons. The average molecular weight is 265 g/mol. The second-order valence-corrected chi connectivity index (χ2v) is 5.27. The SMILES string of the molecule is COC(=O)C1CCC(C2(C(F)(F)F)CCC2)NC1. The zero-order valence-corrected chi connectivity index (χ0v) is 10.3. The van der Waals surface area contributed by atoms with Gasteiger partial charge < -0.3 is 10.1 Å². The topological polar surface area (TPSA) is 38.3 Å². The molecule has 3 nitrogen and oxygen atoms in total. The molecule has 0 aromatic heterocycles. The van der Waals surface area contributed by atoms with Gasteiger partial charge in [0.2, 0.25) is 0 Å². The van der Waals surface area contributed by atoms with Crippen LogP contribution in [0.4, 0.5) is 13.2 Å². The zero-order valence-electron chi connectivity index (χ0n) is 10.3. The van der Waals surface area contributed by atoms with Crippen LogP contribution in [-0.2, 0) is 9.53 Å². The third-order valence-electron chi connectivity index (χ3n) is 4.43.